The molecule has 0 aliphatic rings. The molecular formula is C21H16ClN3O4. The van der Waals surface area contributed by atoms with Crippen molar-refractivity contribution < 1.29 is 14.5 Å². The third-order valence-electron chi connectivity index (χ3n) is 3.91. The molecule has 29 heavy (non-hydrogen) atoms. The van der Waals surface area contributed by atoms with Crippen LogP contribution in [0.25, 0.3) is 11.1 Å². The number of non-ortho nitro benzene ring substituents is 1. The molecule has 3 aromatic carbocycles. The first-order valence-corrected chi connectivity index (χ1v) is 8.95. The molecular weight excluding hydrogens is 394 g/mol. The average molecular weight is 410 g/mol. The van der Waals surface area contributed by atoms with Gasteiger partial charge in [-0.25, -0.2) is 5.43 Å². The molecule has 0 aliphatic carbocycles. The summed E-state index contributed by atoms with van der Waals surface area (Å²) in [6.07, 6.45) is 1.24. The van der Waals surface area contributed by atoms with Crippen LogP contribution in [0.2, 0.25) is 5.02 Å². The van der Waals surface area contributed by atoms with Crippen LogP contribution in [0.3, 0.4) is 0 Å². The summed E-state index contributed by atoms with van der Waals surface area (Å²) in [4.78, 5) is 22.3. The summed E-state index contributed by atoms with van der Waals surface area (Å²) < 4.78 is 5.63. The second kappa shape index (κ2) is 9.48. The Balaban J connectivity index is 1.61. The van der Waals surface area contributed by atoms with Gasteiger partial charge in [0.05, 0.1) is 11.1 Å². The molecule has 0 aromatic heterocycles. The van der Waals surface area contributed by atoms with Crippen molar-refractivity contribution in [1.82, 2.24) is 5.43 Å². The van der Waals surface area contributed by atoms with E-state index in [1.54, 1.807) is 6.07 Å². The molecule has 0 saturated carbocycles. The van der Waals surface area contributed by atoms with Gasteiger partial charge in [0.25, 0.3) is 11.6 Å². The maximum atomic E-state index is 12.0. The molecule has 0 fully saturated rings. The van der Waals surface area contributed by atoms with Crippen molar-refractivity contribution in [3.63, 3.8) is 0 Å². The molecule has 0 atom stereocenters. The quantitative estimate of drug-likeness (QED) is 0.354. The SMILES string of the molecule is O=C(COc1ccccc1-c1ccccc1)NN=Cc1cc([N+](=O)[O-])ccc1Cl. The summed E-state index contributed by atoms with van der Waals surface area (Å²) in [5.41, 5.74) is 4.35. The first-order valence-electron chi connectivity index (χ1n) is 8.57. The molecule has 0 unspecified atom stereocenters. The molecule has 8 heteroatoms. The monoisotopic (exact) mass is 409 g/mol. The normalized spacial score (nSPS) is 10.7. The number of nitrogens with one attached hydrogen (secondary N) is 1. The number of hydrogen-bond donors (Lipinski definition) is 1. The number of nitrogens with zero attached hydrogens (tertiary/aromatic N) is 2. The Hall–Kier alpha value is -3.71. The lowest BCUT2D eigenvalue weighted by Crippen LogP contribution is -2.24. The smallest absolute Gasteiger partial charge is 0.277 e. The van der Waals surface area contributed by atoms with Gasteiger partial charge in [-0.15, -0.1) is 0 Å². The molecule has 0 saturated heterocycles. The molecule has 3 aromatic rings. The molecule has 0 bridgehead atoms. The highest BCUT2D eigenvalue weighted by atomic mass is 35.5. The molecule has 7 nitrogen and oxygen atoms in total. The second-order valence-electron chi connectivity index (χ2n) is 5.91. The number of carbonyl (C=O) groups is 1. The van der Waals surface area contributed by atoms with Gasteiger partial charge in [-0.1, -0.05) is 60.1 Å². The summed E-state index contributed by atoms with van der Waals surface area (Å²) in [6, 6.07) is 21.0. The van der Waals surface area contributed by atoms with Gasteiger partial charge in [0.1, 0.15) is 5.75 Å². The van der Waals surface area contributed by atoms with Crippen LogP contribution in [0.15, 0.2) is 77.9 Å². The Morgan fingerprint density at radius 3 is 2.59 bits per heavy atom. The van der Waals surface area contributed by atoms with E-state index in [0.29, 0.717) is 11.3 Å². The van der Waals surface area contributed by atoms with Crippen molar-refractivity contribution in [2.75, 3.05) is 6.61 Å². The van der Waals surface area contributed by atoms with E-state index in [0.717, 1.165) is 11.1 Å². The molecule has 1 amide bonds. The summed E-state index contributed by atoms with van der Waals surface area (Å²) in [5.74, 6) is 0.0882. The van der Waals surface area contributed by atoms with E-state index in [2.05, 4.69) is 10.5 Å². The number of amides is 1. The number of ether oxygens (including phenoxy) is 1. The molecule has 0 spiro atoms. The van der Waals surface area contributed by atoms with Gasteiger partial charge in [-0.05, 0) is 17.7 Å². The van der Waals surface area contributed by atoms with Crippen LogP contribution in [0, 0.1) is 10.1 Å². The zero-order chi connectivity index (χ0) is 20.6. The van der Waals surface area contributed by atoms with Crippen molar-refractivity contribution in [3.05, 3.63) is 93.5 Å². The predicted molar refractivity (Wildman–Crippen MR) is 111 cm³/mol. The average Bonchev–Trinajstić information content (AvgIpc) is 2.74. The van der Waals surface area contributed by atoms with E-state index in [-0.39, 0.29) is 17.3 Å². The number of nitro benzene ring substituents is 1. The van der Waals surface area contributed by atoms with Gasteiger partial charge in [0, 0.05) is 28.3 Å². The third kappa shape index (κ3) is 5.40. The topological polar surface area (TPSA) is 93.8 Å². The minimum absolute atomic E-state index is 0.122. The highest BCUT2D eigenvalue weighted by molar-refractivity contribution is 6.33. The van der Waals surface area contributed by atoms with Crippen LogP contribution < -0.4 is 10.2 Å². The number of rotatable bonds is 7. The molecule has 0 radical (unpaired) electrons. The van der Waals surface area contributed by atoms with Crippen molar-refractivity contribution in [2.24, 2.45) is 5.10 Å². The van der Waals surface area contributed by atoms with E-state index in [1.807, 2.05) is 48.5 Å². The Kier molecular flexibility index (Phi) is 6.55. The van der Waals surface area contributed by atoms with Crippen LogP contribution in [0.1, 0.15) is 5.56 Å². The van der Waals surface area contributed by atoms with Gasteiger partial charge in [0.2, 0.25) is 0 Å². The number of benzene rings is 3. The Bertz CT molecular complexity index is 1050. The van der Waals surface area contributed by atoms with Gasteiger partial charge in [-0.3, -0.25) is 14.9 Å². The van der Waals surface area contributed by atoms with Gasteiger partial charge >= 0.3 is 0 Å². The molecule has 0 heterocycles. The van der Waals surface area contributed by atoms with E-state index in [9.17, 15) is 14.9 Å². The zero-order valence-corrected chi connectivity index (χ0v) is 15.9. The Morgan fingerprint density at radius 1 is 1.10 bits per heavy atom. The Morgan fingerprint density at radius 2 is 1.83 bits per heavy atom. The first kappa shape index (κ1) is 20.0. The molecule has 0 aliphatic heterocycles. The van der Waals surface area contributed by atoms with E-state index < -0.39 is 10.8 Å². The van der Waals surface area contributed by atoms with Crippen LogP contribution >= 0.6 is 11.6 Å². The number of para-hydroxylation sites is 1. The second-order valence-corrected chi connectivity index (χ2v) is 6.31. The van der Waals surface area contributed by atoms with Crippen molar-refractivity contribution >= 4 is 29.4 Å². The fourth-order valence-electron chi connectivity index (χ4n) is 2.54. The summed E-state index contributed by atoms with van der Waals surface area (Å²) in [5, 5.41) is 14.9. The van der Waals surface area contributed by atoms with Crippen LogP contribution in [-0.4, -0.2) is 23.7 Å². The number of halogens is 1. The van der Waals surface area contributed by atoms with Gasteiger partial charge in [-0.2, -0.15) is 5.10 Å². The summed E-state index contributed by atoms with van der Waals surface area (Å²) in [6.45, 7) is -0.246. The lowest BCUT2D eigenvalue weighted by atomic mass is 10.1. The fraction of sp³-hybridized carbons (Fsp3) is 0.0476. The lowest BCUT2D eigenvalue weighted by molar-refractivity contribution is -0.384. The van der Waals surface area contributed by atoms with Crippen LogP contribution in [0.4, 0.5) is 5.69 Å². The minimum atomic E-state index is -0.537. The lowest BCUT2D eigenvalue weighted by Gasteiger charge is -2.10. The van der Waals surface area contributed by atoms with E-state index in [1.165, 1.54) is 24.4 Å². The van der Waals surface area contributed by atoms with Crippen LogP contribution in [-0.2, 0) is 4.79 Å². The zero-order valence-electron chi connectivity index (χ0n) is 15.1. The van der Waals surface area contributed by atoms with Crippen molar-refractivity contribution in [2.45, 2.75) is 0 Å². The minimum Gasteiger partial charge on any atom is -0.483 e. The number of nitro groups is 1. The highest BCUT2D eigenvalue weighted by Crippen LogP contribution is 2.29. The Labute approximate surface area is 171 Å². The van der Waals surface area contributed by atoms with Crippen molar-refractivity contribution in [1.29, 1.82) is 0 Å². The largest absolute Gasteiger partial charge is 0.483 e. The third-order valence-corrected chi connectivity index (χ3v) is 4.26. The van der Waals surface area contributed by atoms with Gasteiger partial charge < -0.3 is 4.74 Å². The number of hydrazone groups is 1. The van der Waals surface area contributed by atoms with Crippen LogP contribution in [0.5, 0.6) is 5.75 Å². The van der Waals surface area contributed by atoms with Crippen molar-refractivity contribution in [3.8, 4) is 16.9 Å². The van der Waals surface area contributed by atoms with E-state index >= 15 is 0 Å². The highest BCUT2D eigenvalue weighted by Gasteiger charge is 2.09. The number of carbonyl (C=O) groups excluding carboxylic acids is 1. The maximum absolute atomic E-state index is 12.0. The molecule has 3 rings (SSSR count). The number of hydrogen-bond acceptors (Lipinski definition) is 5. The first-order chi connectivity index (χ1) is 14.0. The summed E-state index contributed by atoms with van der Waals surface area (Å²) >= 11 is 5.98. The molecule has 146 valence electrons. The van der Waals surface area contributed by atoms with E-state index in [4.69, 9.17) is 16.3 Å². The maximum Gasteiger partial charge on any atom is 0.277 e. The standard InChI is InChI=1S/C21H16ClN3O4/c22-19-11-10-17(25(27)28)12-16(19)13-23-24-21(26)14-29-20-9-5-4-8-18(20)15-6-2-1-3-7-15/h1-13H,14H2,(H,24,26). The fourth-order valence-corrected chi connectivity index (χ4v) is 2.71. The summed E-state index contributed by atoms with van der Waals surface area (Å²) in [7, 11) is 0. The van der Waals surface area contributed by atoms with Gasteiger partial charge in [0.15, 0.2) is 6.61 Å². The predicted octanol–water partition coefficient (Wildman–Crippen LogP) is 4.44. The molecule has 1 N–H and O–H groups in total.